The molecule has 0 radical (unpaired) electrons. The smallest absolute Gasteiger partial charge is 0.335 e. The van der Waals surface area contributed by atoms with Gasteiger partial charge in [0.15, 0.2) is 11.5 Å². The monoisotopic (exact) mass is 510 g/mol. The lowest BCUT2D eigenvalue weighted by atomic mass is 9.99. The van der Waals surface area contributed by atoms with Crippen LogP contribution in [0.15, 0.2) is 111 Å². The summed E-state index contributed by atoms with van der Waals surface area (Å²) in [6, 6.07) is 16.5. The van der Waals surface area contributed by atoms with Crippen LogP contribution in [0.4, 0.5) is 0 Å². The molecule has 0 atom stereocenters. The summed E-state index contributed by atoms with van der Waals surface area (Å²) < 4.78 is 20.9. The predicted molar refractivity (Wildman–Crippen MR) is 141 cm³/mol. The molecule has 0 N–H and O–H groups in total. The van der Waals surface area contributed by atoms with Crippen LogP contribution in [-0.4, -0.2) is 23.9 Å². The third-order valence-electron chi connectivity index (χ3n) is 4.94. The molecule has 0 spiro atoms. The average Bonchev–Trinajstić information content (AvgIpc) is 2.93. The minimum atomic E-state index is -0.725. The van der Waals surface area contributed by atoms with E-state index in [9.17, 15) is 19.2 Å². The molecule has 0 aliphatic rings. The van der Waals surface area contributed by atoms with E-state index in [-0.39, 0.29) is 23.0 Å². The zero-order valence-corrected chi connectivity index (χ0v) is 20.2. The molecule has 3 rings (SSSR count). The van der Waals surface area contributed by atoms with E-state index in [1.807, 2.05) is 0 Å². The molecule has 0 bridgehead atoms. The second-order valence-corrected chi connectivity index (χ2v) is 7.40. The summed E-state index contributed by atoms with van der Waals surface area (Å²) in [6.07, 6.45) is 4.01. The van der Waals surface area contributed by atoms with E-state index >= 15 is 0 Å². The summed E-state index contributed by atoms with van der Waals surface area (Å²) >= 11 is 0. The molecule has 190 valence electrons. The first-order valence-corrected chi connectivity index (χ1v) is 11.0. The van der Waals surface area contributed by atoms with Crippen molar-refractivity contribution >= 4 is 23.9 Å². The van der Waals surface area contributed by atoms with Gasteiger partial charge in [0.2, 0.25) is 0 Å². The largest absolute Gasteiger partial charge is 0.423 e. The van der Waals surface area contributed by atoms with Crippen molar-refractivity contribution in [2.75, 3.05) is 0 Å². The topological polar surface area (TPSA) is 105 Å². The Morgan fingerprint density at radius 3 is 1.53 bits per heavy atom. The maximum atomic E-state index is 11.9. The van der Waals surface area contributed by atoms with Crippen molar-refractivity contribution < 1.29 is 38.1 Å². The van der Waals surface area contributed by atoms with Crippen molar-refractivity contribution in [3.05, 3.63) is 111 Å². The van der Waals surface area contributed by atoms with E-state index in [0.29, 0.717) is 16.7 Å². The predicted octanol–water partition coefficient (Wildman–Crippen LogP) is 5.39. The minimum absolute atomic E-state index is 0.0231. The van der Waals surface area contributed by atoms with Gasteiger partial charge in [-0.1, -0.05) is 56.6 Å². The van der Waals surface area contributed by atoms with Gasteiger partial charge in [-0.3, -0.25) is 0 Å². The second-order valence-electron chi connectivity index (χ2n) is 7.40. The fraction of sp³-hybridized carbons (Fsp3) is 0. The zero-order chi connectivity index (χ0) is 27.7. The van der Waals surface area contributed by atoms with Crippen LogP contribution in [0, 0.1) is 0 Å². The fourth-order valence-electron chi connectivity index (χ4n) is 3.19. The summed E-state index contributed by atoms with van der Waals surface area (Å²) in [4.78, 5) is 46.9. The van der Waals surface area contributed by atoms with E-state index in [1.165, 1.54) is 12.1 Å². The Balaban J connectivity index is 1.97. The van der Waals surface area contributed by atoms with Crippen molar-refractivity contribution in [1.82, 2.24) is 0 Å². The van der Waals surface area contributed by atoms with Crippen molar-refractivity contribution in [3.63, 3.8) is 0 Å². The lowest BCUT2D eigenvalue weighted by Gasteiger charge is -2.13. The first-order chi connectivity index (χ1) is 18.3. The van der Waals surface area contributed by atoms with Gasteiger partial charge in [-0.05, 0) is 41.0 Å². The van der Waals surface area contributed by atoms with Crippen LogP contribution in [0.2, 0.25) is 0 Å². The van der Waals surface area contributed by atoms with Crippen molar-refractivity contribution in [1.29, 1.82) is 0 Å². The molecule has 0 aliphatic carbocycles. The Bertz CT molecular complexity index is 1450. The molecule has 3 aromatic rings. The SMILES string of the molecule is C=CC(=O)Oc1ccc(-c2ccc(-c3ccc(OC(=O)C=C)c(OC(=O)C=C)c3)cc2)c(OC(=O)C=C)c1. The second kappa shape index (κ2) is 12.5. The number of rotatable bonds is 10. The van der Waals surface area contributed by atoms with E-state index in [4.69, 9.17) is 18.9 Å². The third kappa shape index (κ3) is 6.79. The summed E-state index contributed by atoms with van der Waals surface area (Å²) in [7, 11) is 0. The Morgan fingerprint density at radius 2 is 0.947 bits per heavy atom. The van der Waals surface area contributed by atoms with Crippen LogP contribution < -0.4 is 18.9 Å². The number of carbonyl (C=O) groups excluding carboxylic acids is 4. The molecule has 0 heterocycles. The molecule has 0 unspecified atom stereocenters. The maximum absolute atomic E-state index is 11.9. The van der Waals surface area contributed by atoms with Crippen LogP contribution in [-0.2, 0) is 19.2 Å². The standard InChI is InChI=1S/C30H22O8/c1-5-27(31)35-22-14-15-23(25(18-22)37-29(33)7-3)20-11-9-19(10-12-20)21-13-16-24(36-28(32)6-2)26(17-21)38-30(34)8-4/h5-18H,1-4H2. The Morgan fingerprint density at radius 1 is 0.474 bits per heavy atom. The molecule has 0 saturated carbocycles. The number of hydrogen-bond donors (Lipinski definition) is 0. The first-order valence-electron chi connectivity index (χ1n) is 11.0. The number of benzene rings is 3. The van der Waals surface area contributed by atoms with Crippen LogP contribution in [0.1, 0.15) is 0 Å². The third-order valence-corrected chi connectivity index (χ3v) is 4.94. The van der Waals surface area contributed by atoms with Gasteiger partial charge in [-0.25, -0.2) is 19.2 Å². The number of esters is 4. The summed E-state index contributed by atoms with van der Waals surface area (Å²) in [5, 5.41) is 0. The lowest BCUT2D eigenvalue weighted by molar-refractivity contribution is -0.131. The molecule has 0 amide bonds. The zero-order valence-electron chi connectivity index (χ0n) is 20.2. The highest BCUT2D eigenvalue weighted by Gasteiger charge is 2.15. The van der Waals surface area contributed by atoms with Gasteiger partial charge in [0.05, 0.1) is 0 Å². The number of carbonyl (C=O) groups is 4. The summed E-state index contributed by atoms with van der Waals surface area (Å²) in [6.45, 7) is 13.5. The maximum Gasteiger partial charge on any atom is 0.335 e. The van der Waals surface area contributed by atoms with Gasteiger partial charge >= 0.3 is 23.9 Å². The van der Waals surface area contributed by atoms with Crippen LogP contribution >= 0.6 is 0 Å². The van der Waals surface area contributed by atoms with Gasteiger partial charge in [0.25, 0.3) is 0 Å². The van der Waals surface area contributed by atoms with E-state index in [2.05, 4.69) is 26.3 Å². The Hall–Kier alpha value is -5.50. The van der Waals surface area contributed by atoms with Gasteiger partial charge in [-0.15, -0.1) is 0 Å². The Kier molecular flexibility index (Phi) is 8.88. The summed E-state index contributed by atoms with van der Waals surface area (Å²) in [5.74, 6) is -2.40. The molecule has 0 fully saturated rings. The van der Waals surface area contributed by atoms with Crippen LogP contribution in [0.3, 0.4) is 0 Å². The van der Waals surface area contributed by atoms with Crippen molar-refractivity contribution in [2.45, 2.75) is 0 Å². The molecule has 0 saturated heterocycles. The van der Waals surface area contributed by atoms with Crippen molar-refractivity contribution in [3.8, 4) is 45.3 Å². The van der Waals surface area contributed by atoms with Gasteiger partial charge in [0, 0.05) is 35.9 Å². The summed E-state index contributed by atoms with van der Waals surface area (Å²) in [5.41, 5.74) is 2.65. The molecule has 8 nitrogen and oxygen atoms in total. The van der Waals surface area contributed by atoms with E-state index < -0.39 is 23.9 Å². The molecular weight excluding hydrogens is 488 g/mol. The fourth-order valence-corrected chi connectivity index (χ4v) is 3.19. The molecule has 0 aromatic heterocycles. The highest BCUT2D eigenvalue weighted by Crippen LogP contribution is 2.37. The first kappa shape index (κ1) is 27.1. The normalized spacial score (nSPS) is 9.89. The average molecular weight is 510 g/mol. The molecule has 0 aliphatic heterocycles. The van der Waals surface area contributed by atoms with Gasteiger partial charge in [-0.2, -0.15) is 0 Å². The lowest BCUT2D eigenvalue weighted by Crippen LogP contribution is -2.08. The van der Waals surface area contributed by atoms with E-state index in [0.717, 1.165) is 29.9 Å². The van der Waals surface area contributed by atoms with Gasteiger partial charge in [0.1, 0.15) is 11.5 Å². The highest BCUT2D eigenvalue weighted by molar-refractivity contribution is 5.88. The number of ether oxygens (including phenoxy) is 4. The number of hydrogen-bond acceptors (Lipinski definition) is 8. The van der Waals surface area contributed by atoms with Gasteiger partial charge < -0.3 is 18.9 Å². The minimum Gasteiger partial charge on any atom is -0.423 e. The molecule has 3 aromatic carbocycles. The Labute approximate surface area is 218 Å². The molecule has 8 heteroatoms. The highest BCUT2D eigenvalue weighted by atomic mass is 16.6. The van der Waals surface area contributed by atoms with Crippen LogP contribution in [0.25, 0.3) is 22.3 Å². The molecular formula is C30H22O8. The quantitative estimate of drug-likeness (QED) is 0.203. The van der Waals surface area contributed by atoms with Crippen molar-refractivity contribution in [2.24, 2.45) is 0 Å². The molecule has 38 heavy (non-hydrogen) atoms. The van der Waals surface area contributed by atoms with Crippen LogP contribution in [0.5, 0.6) is 23.0 Å². The van der Waals surface area contributed by atoms with E-state index in [1.54, 1.807) is 48.5 Å².